The molecule has 0 saturated carbocycles. The zero-order valence-corrected chi connectivity index (χ0v) is 11.0. The van der Waals surface area contributed by atoms with Gasteiger partial charge in [-0.1, -0.05) is 5.16 Å². The number of carbonyl (C=O) groups is 2. The van der Waals surface area contributed by atoms with Crippen LogP contribution in [-0.4, -0.2) is 41.5 Å². The normalized spacial score (nSPS) is 23.4. The minimum atomic E-state index is -0.234. The molecule has 102 valence electrons. The fourth-order valence-corrected chi connectivity index (χ4v) is 2.77. The van der Waals surface area contributed by atoms with Gasteiger partial charge < -0.3 is 9.42 Å². The summed E-state index contributed by atoms with van der Waals surface area (Å²) >= 11 is 0. The molecule has 0 spiro atoms. The molecule has 1 aromatic rings. The molecule has 2 amide bonds. The van der Waals surface area contributed by atoms with Crippen LogP contribution in [0.25, 0.3) is 0 Å². The van der Waals surface area contributed by atoms with Gasteiger partial charge in [-0.25, -0.2) is 0 Å². The van der Waals surface area contributed by atoms with E-state index in [2.05, 4.69) is 5.16 Å². The van der Waals surface area contributed by atoms with E-state index < -0.39 is 0 Å². The zero-order chi connectivity index (χ0) is 13.4. The molecule has 2 saturated heterocycles. The monoisotopic (exact) mass is 263 g/mol. The predicted octanol–water partition coefficient (Wildman–Crippen LogP) is 0.958. The van der Waals surface area contributed by atoms with Crippen LogP contribution in [-0.2, 0) is 9.59 Å². The van der Waals surface area contributed by atoms with Crippen molar-refractivity contribution in [1.82, 2.24) is 10.1 Å². The Kier molecular flexibility index (Phi) is 3.00. The molecule has 1 aromatic heterocycles. The molecule has 0 bridgehead atoms. The van der Waals surface area contributed by atoms with Gasteiger partial charge in [-0.05, 0) is 19.8 Å². The molecule has 0 radical (unpaired) electrons. The number of nitrogens with zero attached hydrogens (tertiary/aromatic N) is 3. The third-order valence-corrected chi connectivity index (χ3v) is 3.78. The van der Waals surface area contributed by atoms with Crippen molar-refractivity contribution in [3.8, 4) is 0 Å². The van der Waals surface area contributed by atoms with E-state index in [0.717, 1.165) is 25.9 Å². The average Bonchev–Trinajstić information content (AvgIpc) is 3.08. The van der Waals surface area contributed by atoms with Crippen LogP contribution in [0.4, 0.5) is 5.82 Å². The lowest BCUT2D eigenvalue weighted by atomic mass is 10.1. The Morgan fingerprint density at radius 3 is 2.79 bits per heavy atom. The second-order valence-corrected chi connectivity index (χ2v) is 5.23. The molecule has 2 aliphatic heterocycles. The van der Waals surface area contributed by atoms with Gasteiger partial charge >= 0.3 is 0 Å². The van der Waals surface area contributed by atoms with Crippen LogP contribution in [0.1, 0.15) is 25.0 Å². The number of anilines is 1. The SMILES string of the molecule is Cc1cc(N2CC(C(=O)N3CCCC3)CC2=O)no1. The standard InChI is InChI=1S/C13H17N3O3/c1-9-6-11(14-19-9)16-8-10(7-12(16)17)13(18)15-4-2-3-5-15/h6,10H,2-5,7-8H2,1H3. The first-order valence-electron chi connectivity index (χ1n) is 6.67. The van der Waals surface area contributed by atoms with Crippen molar-refractivity contribution in [3.63, 3.8) is 0 Å². The first kappa shape index (κ1) is 12.2. The van der Waals surface area contributed by atoms with E-state index in [1.54, 1.807) is 17.9 Å². The van der Waals surface area contributed by atoms with Gasteiger partial charge in [0.25, 0.3) is 0 Å². The summed E-state index contributed by atoms with van der Waals surface area (Å²) in [5, 5.41) is 3.84. The topological polar surface area (TPSA) is 66.7 Å². The summed E-state index contributed by atoms with van der Waals surface area (Å²) in [6, 6.07) is 1.72. The largest absolute Gasteiger partial charge is 0.360 e. The summed E-state index contributed by atoms with van der Waals surface area (Å²) in [6.45, 7) is 3.85. The zero-order valence-electron chi connectivity index (χ0n) is 11.0. The van der Waals surface area contributed by atoms with Crippen molar-refractivity contribution >= 4 is 17.6 Å². The summed E-state index contributed by atoms with van der Waals surface area (Å²) in [7, 11) is 0. The second-order valence-electron chi connectivity index (χ2n) is 5.23. The summed E-state index contributed by atoms with van der Waals surface area (Å²) < 4.78 is 4.98. The number of carbonyl (C=O) groups excluding carboxylic acids is 2. The van der Waals surface area contributed by atoms with Gasteiger partial charge in [-0.15, -0.1) is 0 Å². The number of aromatic nitrogens is 1. The highest BCUT2D eigenvalue weighted by molar-refractivity contribution is 5.99. The van der Waals surface area contributed by atoms with Crippen LogP contribution >= 0.6 is 0 Å². The number of likely N-dealkylation sites (tertiary alicyclic amines) is 1. The minimum absolute atomic E-state index is 0.0501. The first-order chi connectivity index (χ1) is 9.15. The maximum atomic E-state index is 12.3. The molecule has 0 aromatic carbocycles. The Morgan fingerprint density at radius 2 is 2.16 bits per heavy atom. The van der Waals surface area contributed by atoms with Gasteiger partial charge in [0, 0.05) is 32.1 Å². The Morgan fingerprint density at radius 1 is 1.42 bits per heavy atom. The number of rotatable bonds is 2. The fourth-order valence-electron chi connectivity index (χ4n) is 2.77. The highest BCUT2D eigenvalue weighted by Gasteiger charge is 2.38. The van der Waals surface area contributed by atoms with Crippen LogP contribution in [0.3, 0.4) is 0 Å². The molecule has 3 heterocycles. The van der Waals surface area contributed by atoms with Crippen LogP contribution in [0.15, 0.2) is 10.6 Å². The van der Waals surface area contributed by atoms with E-state index in [4.69, 9.17) is 4.52 Å². The summed E-state index contributed by atoms with van der Waals surface area (Å²) in [6.07, 6.45) is 2.42. The Labute approximate surface area is 111 Å². The van der Waals surface area contributed by atoms with E-state index in [0.29, 0.717) is 18.1 Å². The molecule has 2 fully saturated rings. The lowest BCUT2D eigenvalue weighted by Crippen LogP contribution is -2.35. The molecule has 0 aliphatic carbocycles. The average molecular weight is 263 g/mol. The van der Waals surface area contributed by atoms with Gasteiger partial charge in [0.05, 0.1) is 5.92 Å². The Bertz CT molecular complexity index is 505. The molecule has 3 rings (SSSR count). The highest BCUT2D eigenvalue weighted by atomic mass is 16.5. The van der Waals surface area contributed by atoms with E-state index in [1.165, 1.54) is 0 Å². The van der Waals surface area contributed by atoms with E-state index in [-0.39, 0.29) is 24.2 Å². The van der Waals surface area contributed by atoms with Crippen molar-refractivity contribution in [3.05, 3.63) is 11.8 Å². The van der Waals surface area contributed by atoms with Gasteiger partial charge in [0.1, 0.15) is 5.76 Å². The van der Waals surface area contributed by atoms with Gasteiger partial charge in [-0.3, -0.25) is 14.5 Å². The number of aryl methyl sites for hydroxylation is 1. The molecular weight excluding hydrogens is 246 g/mol. The van der Waals surface area contributed by atoms with Gasteiger partial charge in [0.15, 0.2) is 5.82 Å². The van der Waals surface area contributed by atoms with E-state index in [9.17, 15) is 9.59 Å². The summed E-state index contributed by atoms with van der Waals surface area (Å²) in [4.78, 5) is 27.7. The molecule has 6 nitrogen and oxygen atoms in total. The number of hydrogen-bond donors (Lipinski definition) is 0. The lowest BCUT2D eigenvalue weighted by Gasteiger charge is -2.19. The van der Waals surface area contributed by atoms with Gasteiger partial charge in [0.2, 0.25) is 11.8 Å². The van der Waals surface area contributed by atoms with E-state index >= 15 is 0 Å². The van der Waals surface area contributed by atoms with Gasteiger partial charge in [-0.2, -0.15) is 0 Å². The molecular formula is C13H17N3O3. The fraction of sp³-hybridized carbons (Fsp3) is 0.615. The third kappa shape index (κ3) is 2.22. The molecule has 19 heavy (non-hydrogen) atoms. The summed E-state index contributed by atoms with van der Waals surface area (Å²) in [5.74, 6) is 0.998. The number of amides is 2. The van der Waals surface area contributed by atoms with Crippen molar-refractivity contribution in [2.24, 2.45) is 5.92 Å². The maximum absolute atomic E-state index is 12.3. The minimum Gasteiger partial charge on any atom is -0.360 e. The Hall–Kier alpha value is -1.85. The highest BCUT2D eigenvalue weighted by Crippen LogP contribution is 2.26. The van der Waals surface area contributed by atoms with Crippen molar-refractivity contribution < 1.29 is 14.1 Å². The first-order valence-corrected chi connectivity index (χ1v) is 6.67. The van der Waals surface area contributed by atoms with Crippen molar-refractivity contribution in [2.75, 3.05) is 24.5 Å². The quantitative estimate of drug-likeness (QED) is 0.797. The van der Waals surface area contributed by atoms with Crippen molar-refractivity contribution in [1.29, 1.82) is 0 Å². The molecule has 2 aliphatic rings. The lowest BCUT2D eigenvalue weighted by molar-refractivity contribution is -0.134. The maximum Gasteiger partial charge on any atom is 0.229 e. The molecule has 6 heteroatoms. The molecule has 1 atom stereocenters. The predicted molar refractivity (Wildman–Crippen MR) is 67.5 cm³/mol. The Balaban J connectivity index is 1.71. The van der Waals surface area contributed by atoms with Crippen LogP contribution < -0.4 is 4.90 Å². The number of hydrogen-bond acceptors (Lipinski definition) is 4. The van der Waals surface area contributed by atoms with Crippen LogP contribution in [0.5, 0.6) is 0 Å². The van der Waals surface area contributed by atoms with Crippen LogP contribution in [0.2, 0.25) is 0 Å². The molecule has 0 N–H and O–H groups in total. The van der Waals surface area contributed by atoms with E-state index in [1.807, 2.05) is 4.90 Å². The molecule has 1 unspecified atom stereocenters. The summed E-state index contributed by atoms with van der Waals surface area (Å²) in [5.41, 5.74) is 0. The van der Waals surface area contributed by atoms with Crippen LogP contribution in [0, 0.1) is 12.8 Å². The second kappa shape index (κ2) is 4.68. The van der Waals surface area contributed by atoms with Crippen molar-refractivity contribution in [2.45, 2.75) is 26.2 Å². The third-order valence-electron chi connectivity index (χ3n) is 3.78. The smallest absolute Gasteiger partial charge is 0.229 e.